The van der Waals surface area contributed by atoms with Crippen LogP contribution in [0.15, 0.2) is 46.2 Å². The van der Waals surface area contributed by atoms with Gasteiger partial charge < -0.3 is 9.32 Å². The molecule has 7 nitrogen and oxygen atoms in total. The molecule has 2 heterocycles. The van der Waals surface area contributed by atoms with Crippen LogP contribution in [0.3, 0.4) is 0 Å². The van der Waals surface area contributed by atoms with E-state index in [1.807, 2.05) is 13.0 Å². The molecule has 0 saturated carbocycles. The molecule has 0 saturated heterocycles. The lowest BCUT2D eigenvalue weighted by Crippen LogP contribution is -3.07. The number of hydrogen-bond donors (Lipinski definition) is 1. The second-order valence-corrected chi connectivity index (χ2v) is 6.61. The molecule has 0 fully saturated rings. The van der Waals surface area contributed by atoms with Crippen molar-refractivity contribution in [3.05, 3.63) is 62.7 Å². The fourth-order valence-corrected chi connectivity index (χ4v) is 3.10. The van der Waals surface area contributed by atoms with Gasteiger partial charge in [0.1, 0.15) is 6.54 Å². The van der Waals surface area contributed by atoms with Gasteiger partial charge in [0.2, 0.25) is 5.89 Å². The lowest BCUT2D eigenvalue weighted by atomic mass is 10.2. The highest BCUT2D eigenvalue weighted by molar-refractivity contribution is 7.09. The van der Waals surface area contributed by atoms with E-state index in [2.05, 4.69) is 28.7 Å². The molecule has 0 aliphatic rings. The Morgan fingerprint density at radius 3 is 2.67 bits per heavy atom. The van der Waals surface area contributed by atoms with Gasteiger partial charge in [0.15, 0.2) is 6.04 Å². The quantitative estimate of drug-likeness (QED) is 0.548. The van der Waals surface area contributed by atoms with E-state index in [-0.39, 0.29) is 11.7 Å². The van der Waals surface area contributed by atoms with Gasteiger partial charge in [0.05, 0.1) is 16.8 Å². The molecule has 2 atom stereocenters. The number of thiophene rings is 1. The standard InChI is InChI=1S/C16H16N4O3S/c1-11(19(2)10-14-4-3-9-24-14)15-17-18-16(23-15)12-5-7-13(8-6-12)20(21)22/h3-9,11H,10H2,1-2H3/p+1/t11-/m1/s1. The van der Waals surface area contributed by atoms with Crippen LogP contribution in [0.25, 0.3) is 11.5 Å². The zero-order chi connectivity index (χ0) is 17.1. The SMILES string of the molecule is C[C@H](c1nnc(-c2ccc([N+](=O)[O-])cc2)o1)[NH+](C)Cc1cccs1. The van der Waals surface area contributed by atoms with Crippen LogP contribution in [0.5, 0.6) is 0 Å². The molecule has 0 aliphatic heterocycles. The zero-order valence-electron chi connectivity index (χ0n) is 13.3. The number of quaternary nitrogens is 1. The lowest BCUT2D eigenvalue weighted by Gasteiger charge is -2.17. The van der Waals surface area contributed by atoms with Gasteiger partial charge in [0, 0.05) is 17.7 Å². The Bertz CT molecular complexity index is 814. The molecule has 8 heteroatoms. The number of nitrogens with one attached hydrogen (secondary N) is 1. The Morgan fingerprint density at radius 1 is 1.29 bits per heavy atom. The number of nitrogens with zero attached hydrogens (tertiary/aromatic N) is 3. The largest absolute Gasteiger partial charge is 0.415 e. The average molecular weight is 345 g/mol. The van der Waals surface area contributed by atoms with Gasteiger partial charge in [-0.2, -0.15) is 0 Å². The first kappa shape index (κ1) is 16.3. The van der Waals surface area contributed by atoms with E-state index in [0.29, 0.717) is 17.3 Å². The van der Waals surface area contributed by atoms with E-state index in [1.54, 1.807) is 23.5 Å². The molecule has 0 amide bonds. The van der Waals surface area contributed by atoms with Gasteiger partial charge >= 0.3 is 0 Å². The summed E-state index contributed by atoms with van der Waals surface area (Å²) in [5.41, 5.74) is 0.703. The number of rotatable bonds is 6. The van der Waals surface area contributed by atoms with Crippen molar-refractivity contribution in [1.29, 1.82) is 0 Å². The van der Waals surface area contributed by atoms with E-state index in [1.165, 1.54) is 21.9 Å². The molecule has 3 rings (SSSR count). The summed E-state index contributed by atoms with van der Waals surface area (Å²) in [5, 5.41) is 21.0. The minimum Gasteiger partial charge on any atom is -0.415 e. The van der Waals surface area contributed by atoms with Gasteiger partial charge in [-0.05, 0) is 30.5 Å². The van der Waals surface area contributed by atoms with Crippen LogP contribution >= 0.6 is 11.3 Å². The summed E-state index contributed by atoms with van der Waals surface area (Å²) in [4.78, 5) is 12.8. The Kier molecular flexibility index (Phi) is 4.68. The molecular formula is C16H17N4O3S+. The number of benzene rings is 1. The molecule has 124 valence electrons. The second kappa shape index (κ2) is 6.90. The number of non-ortho nitro benzene ring substituents is 1. The van der Waals surface area contributed by atoms with Crippen molar-refractivity contribution < 1.29 is 14.2 Å². The Morgan fingerprint density at radius 2 is 2.04 bits per heavy atom. The molecule has 0 radical (unpaired) electrons. The highest BCUT2D eigenvalue weighted by Gasteiger charge is 2.23. The van der Waals surface area contributed by atoms with Gasteiger partial charge in [-0.25, -0.2) is 0 Å². The monoisotopic (exact) mass is 345 g/mol. The molecule has 2 aromatic heterocycles. The Hall–Kier alpha value is -2.58. The molecule has 3 aromatic rings. The molecule has 1 aromatic carbocycles. The minimum absolute atomic E-state index is 0.0342. The number of nitro benzene ring substituents is 1. The van der Waals surface area contributed by atoms with Crippen molar-refractivity contribution >= 4 is 17.0 Å². The predicted octanol–water partition coefficient (Wildman–Crippen LogP) is 2.48. The van der Waals surface area contributed by atoms with Crippen molar-refractivity contribution in [3.63, 3.8) is 0 Å². The van der Waals surface area contributed by atoms with Gasteiger partial charge in [-0.1, -0.05) is 6.07 Å². The molecule has 1 N–H and O–H groups in total. The first-order valence-electron chi connectivity index (χ1n) is 7.47. The summed E-state index contributed by atoms with van der Waals surface area (Å²) < 4.78 is 5.76. The van der Waals surface area contributed by atoms with Crippen LogP contribution < -0.4 is 4.90 Å². The number of aromatic nitrogens is 2. The van der Waals surface area contributed by atoms with Crippen LogP contribution in [0, 0.1) is 10.1 Å². The van der Waals surface area contributed by atoms with Crippen molar-refractivity contribution in [1.82, 2.24) is 10.2 Å². The summed E-state index contributed by atoms with van der Waals surface area (Å²) in [6, 6.07) is 10.3. The zero-order valence-corrected chi connectivity index (χ0v) is 14.1. The fraction of sp³-hybridized carbons (Fsp3) is 0.250. The van der Waals surface area contributed by atoms with Gasteiger partial charge in [0.25, 0.3) is 11.6 Å². The first-order valence-corrected chi connectivity index (χ1v) is 8.35. The molecule has 1 unspecified atom stereocenters. The van der Waals surface area contributed by atoms with Crippen LogP contribution in [-0.4, -0.2) is 22.2 Å². The van der Waals surface area contributed by atoms with Crippen LogP contribution in [-0.2, 0) is 6.54 Å². The Balaban J connectivity index is 1.73. The van der Waals surface area contributed by atoms with Gasteiger partial charge in [-0.3, -0.25) is 10.1 Å². The van der Waals surface area contributed by atoms with E-state index in [9.17, 15) is 10.1 Å². The van der Waals surface area contributed by atoms with E-state index < -0.39 is 4.92 Å². The second-order valence-electron chi connectivity index (χ2n) is 5.57. The van der Waals surface area contributed by atoms with Crippen LogP contribution in [0.1, 0.15) is 23.7 Å². The molecule has 0 bridgehead atoms. The number of hydrogen-bond acceptors (Lipinski definition) is 6. The summed E-state index contributed by atoms with van der Waals surface area (Å²) in [6.07, 6.45) is 0. The maximum atomic E-state index is 10.7. The van der Waals surface area contributed by atoms with Crippen molar-refractivity contribution in [2.24, 2.45) is 0 Å². The average Bonchev–Trinajstić information content (AvgIpc) is 3.26. The predicted molar refractivity (Wildman–Crippen MR) is 89.7 cm³/mol. The van der Waals surface area contributed by atoms with Crippen molar-refractivity contribution in [2.75, 3.05) is 7.05 Å². The first-order chi connectivity index (χ1) is 11.5. The third-order valence-electron chi connectivity index (χ3n) is 3.91. The highest BCUT2D eigenvalue weighted by Crippen LogP contribution is 2.22. The van der Waals surface area contributed by atoms with Crippen molar-refractivity contribution in [2.45, 2.75) is 19.5 Å². The van der Waals surface area contributed by atoms with E-state index in [0.717, 1.165) is 6.54 Å². The van der Waals surface area contributed by atoms with E-state index in [4.69, 9.17) is 4.42 Å². The smallest absolute Gasteiger partial charge is 0.274 e. The third-order valence-corrected chi connectivity index (χ3v) is 4.78. The fourth-order valence-electron chi connectivity index (χ4n) is 2.30. The Labute approximate surface area is 142 Å². The lowest BCUT2D eigenvalue weighted by molar-refractivity contribution is -0.925. The molecule has 0 spiro atoms. The maximum absolute atomic E-state index is 10.7. The normalized spacial score (nSPS) is 13.6. The minimum atomic E-state index is -0.437. The molecule has 0 aliphatic carbocycles. The molecule has 24 heavy (non-hydrogen) atoms. The summed E-state index contributed by atoms with van der Waals surface area (Å²) in [6.45, 7) is 2.92. The summed E-state index contributed by atoms with van der Waals surface area (Å²) in [7, 11) is 2.08. The van der Waals surface area contributed by atoms with E-state index >= 15 is 0 Å². The van der Waals surface area contributed by atoms with Gasteiger partial charge in [-0.15, -0.1) is 21.5 Å². The summed E-state index contributed by atoms with van der Waals surface area (Å²) >= 11 is 1.73. The topological polar surface area (TPSA) is 86.5 Å². The number of nitro groups is 1. The molecular weight excluding hydrogens is 328 g/mol. The highest BCUT2D eigenvalue weighted by atomic mass is 32.1. The van der Waals surface area contributed by atoms with Crippen LogP contribution in [0.2, 0.25) is 0 Å². The summed E-state index contributed by atoms with van der Waals surface area (Å²) in [5.74, 6) is 0.924. The maximum Gasteiger partial charge on any atom is 0.274 e. The van der Waals surface area contributed by atoms with Crippen LogP contribution in [0.4, 0.5) is 5.69 Å². The van der Waals surface area contributed by atoms with Crippen molar-refractivity contribution in [3.8, 4) is 11.5 Å². The third kappa shape index (κ3) is 3.50.